The van der Waals surface area contributed by atoms with Gasteiger partial charge >= 0.3 is 5.97 Å². The van der Waals surface area contributed by atoms with Crippen molar-refractivity contribution < 1.29 is 9.90 Å². The third-order valence-electron chi connectivity index (χ3n) is 2.17. The zero-order chi connectivity index (χ0) is 11.1. The molecule has 4 heteroatoms. The molecule has 0 rings (SSSR count). The highest BCUT2D eigenvalue weighted by Gasteiger charge is 2.19. The molecular weight excluding hydrogens is 180 g/mol. The summed E-state index contributed by atoms with van der Waals surface area (Å²) in [6, 6.07) is -0.262. The van der Waals surface area contributed by atoms with Gasteiger partial charge in [-0.25, -0.2) is 0 Å². The van der Waals surface area contributed by atoms with Crippen LogP contribution in [-0.4, -0.2) is 47.7 Å². The minimum Gasteiger partial charge on any atom is -0.480 e. The van der Waals surface area contributed by atoms with Crippen LogP contribution in [0.5, 0.6) is 0 Å². The summed E-state index contributed by atoms with van der Waals surface area (Å²) in [5.41, 5.74) is 0. The number of carboxylic acid groups (broad SMARTS) is 1. The minimum atomic E-state index is -0.773. The van der Waals surface area contributed by atoms with Gasteiger partial charge in [0.2, 0.25) is 0 Å². The summed E-state index contributed by atoms with van der Waals surface area (Å²) in [7, 11) is 0. The molecule has 0 aliphatic rings. The maximum atomic E-state index is 10.9. The van der Waals surface area contributed by atoms with Crippen molar-refractivity contribution in [1.29, 1.82) is 0 Å². The maximum absolute atomic E-state index is 10.9. The predicted molar refractivity (Wildman–Crippen MR) is 57.5 cm³/mol. The molecule has 0 saturated carbocycles. The van der Waals surface area contributed by atoms with Gasteiger partial charge in [0.05, 0.1) is 0 Å². The van der Waals surface area contributed by atoms with Crippen LogP contribution in [0, 0.1) is 0 Å². The number of hydrogen-bond donors (Lipinski definition) is 2. The zero-order valence-corrected chi connectivity index (χ0v) is 9.58. The van der Waals surface area contributed by atoms with E-state index in [0.717, 1.165) is 13.1 Å². The van der Waals surface area contributed by atoms with Gasteiger partial charge in [0.25, 0.3) is 0 Å². The fourth-order valence-electron chi connectivity index (χ4n) is 1.34. The summed E-state index contributed by atoms with van der Waals surface area (Å²) in [4.78, 5) is 13.0. The lowest BCUT2D eigenvalue weighted by molar-refractivity contribution is -0.140. The van der Waals surface area contributed by atoms with E-state index < -0.39 is 12.0 Å². The number of likely N-dealkylation sites (N-methyl/N-ethyl adjacent to an activating group) is 1. The van der Waals surface area contributed by atoms with Gasteiger partial charge in [0, 0.05) is 12.6 Å². The van der Waals surface area contributed by atoms with Crippen LogP contribution < -0.4 is 5.32 Å². The largest absolute Gasteiger partial charge is 0.480 e. The lowest BCUT2D eigenvalue weighted by Gasteiger charge is -2.24. The molecule has 1 atom stereocenters. The van der Waals surface area contributed by atoms with Gasteiger partial charge < -0.3 is 15.3 Å². The van der Waals surface area contributed by atoms with E-state index in [1.54, 1.807) is 0 Å². The van der Waals surface area contributed by atoms with Crippen molar-refractivity contribution >= 4 is 5.97 Å². The maximum Gasteiger partial charge on any atom is 0.322 e. The Morgan fingerprint density at radius 2 is 1.86 bits per heavy atom. The van der Waals surface area contributed by atoms with Crippen LogP contribution in [0.2, 0.25) is 0 Å². The molecule has 0 aromatic rings. The monoisotopic (exact) mass is 202 g/mol. The normalized spacial score (nSPS) is 13.6. The van der Waals surface area contributed by atoms with Crippen molar-refractivity contribution in [3.05, 3.63) is 0 Å². The summed E-state index contributed by atoms with van der Waals surface area (Å²) in [6.45, 7) is 10.3. The summed E-state index contributed by atoms with van der Waals surface area (Å²) >= 11 is 0. The Morgan fingerprint density at radius 3 is 2.14 bits per heavy atom. The molecule has 1 unspecified atom stereocenters. The molecule has 0 amide bonds. The fourth-order valence-corrected chi connectivity index (χ4v) is 1.34. The molecule has 0 aliphatic carbocycles. The minimum absolute atomic E-state index is 0.201. The molecule has 2 N–H and O–H groups in total. The van der Waals surface area contributed by atoms with Crippen molar-refractivity contribution in [2.45, 2.75) is 39.8 Å². The molecule has 14 heavy (non-hydrogen) atoms. The average molecular weight is 202 g/mol. The second kappa shape index (κ2) is 6.79. The molecule has 0 spiro atoms. The number of nitrogens with zero attached hydrogens (tertiary/aromatic N) is 1. The summed E-state index contributed by atoms with van der Waals surface area (Å²) in [5.74, 6) is -0.773. The van der Waals surface area contributed by atoms with Crippen LogP contribution in [0.15, 0.2) is 0 Å². The van der Waals surface area contributed by atoms with Crippen molar-refractivity contribution in [1.82, 2.24) is 10.2 Å². The van der Waals surface area contributed by atoms with E-state index in [-0.39, 0.29) is 6.04 Å². The Balaban J connectivity index is 4.14. The first-order valence-electron chi connectivity index (χ1n) is 5.22. The summed E-state index contributed by atoms with van der Waals surface area (Å²) < 4.78 is 0. The smallest absolute Gasteiger partial charge is 0.322 e. The molecule has 0 heterocycles. The van der Waals surface area contributed by atoms with Gasteiger partial charge in [-0.1, -0.05) is 27.7 Å². The Hall–Kier alpha value is -0.610. The average Bonchev–Trinajstić information content (AvgIpc) is 2.11. The Kier molecular flexibility index (Phi) is 6.49. The number of carbonyl (C=O) groups is 1. The number of carboxylic acids is 1. The third-order valence-corrected chi connectivity index (χ3v) is 2.17. The molecule has 0 saturated heterocycles. The molecule has 0 bridgehead atoms. The molecular formula is C10H22N2O2. The highest BCUT2D eigenvalue weighted by molar-refractivity contribution is 5.73. The van der Waals surface area contributed by atoms with Gasteiger partial charge in [-0.05, 0) is 13.1 Å². The molecule has 0 radical (unpaired) electrons. The Bertz CT molecular complexity index is 168. The highest BCUT2D eigenvalue weighted by atomic mass is 16.4. The van der Waals surface area contributed by atoms with E-state index in [4.69, 9.17) is 5.11 Å². The van der Waals surface area contributed by atoms with Crippen molar-refractivity contribution in [3.63, 3.8) is 0 Å². The van der Waals surface area contributed by atoms with E-state index in [0.29, 0.717) is 6.54 Å². The van der Waals surface area contributed by atoms with E-state index >= 15 is 0 Å². The molecule has 4 nitrogen and oxygen atoms in total. The van der Waals surface area contributed by atoms with Crippen LogP contribution in [0.4, 0.5) is 0 Å². The van der Waals surface area contributed by atoms with Crippen LogP contribution >= 0.6 is 0 Å². The first-order chi connectivity index (χ1) is 6.51. The van der Waals surface area contributed by atoms with E-state index in [1.807, 2.05) is 27.7 Å². The van der Waals surface area contributed by atoms with Gasteiger partial charge in [-0.2, -0.15) is 0 Å². The third kappa shape index (κ3) is 5.19. The van der Waals surface area contributed by atoms with Crippen LogP contribution in [0.3, 0.4) is 0 Å². The van der Waals surface area contributed by atoms with E-state index in [9.17, 15) is 4.79 Å². The van der Waals surface area contributed by atoms with Crippen LogP contribution in [0.25, 0.3) is 0 Å². The van der Waals surface area contributed by atoms with Crippen LogP contribution in [-0.2, 0) is 4.79 Å². The highest BCUT2D eigenvalue weighted by Crippen LogP contribution is 1.94. The molecule has 0 aromatic carbocycles. The van der Waals surface area contributed by atoms with Gasteiger partial charge in [-0.3, -0.25) is 4.79 Å². The summed E-state index contributed by atoms with van der Waals surface area (Å²) in [6.07, 6.45) is 0. The van der Waals surface area contributed by atoms with E-state index in [2.05, 4.69) is 10.2 Å². The standard InChI is InChI=1S/C10H22N2O2/c1-5-12(6-2)7-9(10(13)14)11-8(3)4/h8-9,11H,5-7H2,1-4H3,(H,13,14). The Morgan fingerprint density at radius 1 is 1.36 bits per heavy atom. The lowest BCUT2D eigenvalue weighted by Crippen LogP contribution is -2.48. The summed E-state index contributed by atoms with van der Waals surface area (Å²) in [5, 5.41) is 12.0. The van der Waals surface area contributed by atoms with Gasteiger partial charge in [0.1, 0.15) is 6.04 Å². The zero-order valence-electron chi connectivity index (χ0n) is 9.58. The number of nitrogens with one attached hydrogen (secondary N) is 1. The molecule has 0 fully saturated rings. The van der Waals surface area contributed by atoms with E-state index in [1.165, 1.54) is 0 Å². The molecule has 0 aliphatic heterocycles. The second-order valence-electron chi connectivity index (χ2n) is 3.70. The molecule has 84 valence electrons. The van der Waals surface area contributed by atoms with Crippen molar-refractivity contribution in [2.24, 2.45) is 0 Å². The quantitative estimate of drug-likeness (QED) is 0.640. The topological polar surface area (TPSA) is 52.6 Å². The van der Waals surface area contributed by atoms with Crippen LogP contribution in [0.1, 0.15) is 27.7 Å². The van der Waals surface area contributed by atoms with Gasteiger partial charge in [0.15, 0.2) is 0 Å². The first-order valence-corrected chi connectivity index (χ1v) is 5.22. The van der Waals surface area contributed by atoms with Gasteiger partial charge in [-0.15, -0.1) is 0 Å². The SMILES string of the molecule is CCN(CC)CC(NC(C)C)C(=O)O. The first kappa shape index (κ1) is 13.4. The second-order valence-corrected chi connectivity index (χ2v) is 3.70. The number of rotatable bonds is 7. The fraction of sp³-hybridized carbons (Fsp3) is 0.900. The number of hydrogen-bond acceptors (Lipinski definition) is 3. The molecule has 0 aromatic heterocycles. The van der Waals surface area contributed by atoms with Crippen molar-refractivity contribution in [2.75, 3.05) is 19.6 Å². The van der Waals surface area contributed by atoms with Crippen molar-refractivity contribution in [3.8, 4) is 0 Å². The lowest BCUT2D eigenvalue weighted by atomic mass is 10.2. The number of aliphatic carboxylic acids is 1. The predicted octanol–water partition coefficient (Wildman–Crippen LogP) is 0.779. The Labute approximate surface area is 86.3 Å².